The monoisotopic (exact) mass is 454 g/mol. The molecule has 176 valence electrons. The molecule has 8 heteroatoms. The number of benzene rings is 2. The zero-order chi connectivity index (χ0) is 24.2. The van der Waals surface area contributed by atoms with Crippen molar-refractivity contribution in [1.82, 2.24) is 5.32 Å². The minimum atomic E-state index is -0.975. The Morgan fingerprint density at radius 2 is 1.67 bits per heavy atom. The second-order valence-electron chi connectivity index (χ2n) is 8.83. The van der Waals surface area contributed by atoms with E-state index in [1.165, 1.54) is 12.0 Å². The Morgan fingerprint density at radius 1 is 1.03 bits per heavy atom. The molecule has 0 bridgehead atoms. The summed E-state index contributed by atoms with van der Waals surface area (Å²) in [5.74, 6) is -0.820. The van der Waals surface area contributed by atoms with Gasteiger partial charge in [-0.25, -0.2) is 0 Å². The topological polar surface area (TPSA) is 97.5 Å². The summed E-state index contributed by atoms with van der Waals surface area (Å²) in [6.07, 6.45) is -1.89. The van der Waals surface area contributed by atoms with Gasteiger partial charge in [0, 0.05) is 5.69 Å². The molecule has 3 atom stereocenters. The fourth-order valence-corrected chi connectivity index (χ4v) is 3.34. The molecule has 1 aliphatic heterocycles. The van der Waals surface area contributed by atoms with Gasteiger partial charge in [-0.05, 0) is 57.5 Å². The maximum Gasteiger partial charge on any atom is 0.326 e. The Labute approximate surface area is 193 Å². The molecule has 0 radical (unpaired) electrons. The first-order chi connectivity index (χ1) is 15.6. The second kappa shape index (κ2) is 10.0. The highest BCUT2D eigenvalue weighted by Gasteiger charge is 2.52. The molecule has 2 aromatic rings. The smallest absolute Gasteiger partial charge is 0.326 e. The molecule has 2 aromatic carbocycles. The molecule has 3 rings (SSSR count). The van der Waals surface area contributed by atoms with Gasteiger partial charge in [-0.15, -0.1) is 0 Å². The molecule has 1 N–H and O–H groups in total. The molecular formula is C25H30N2O6. The maximum atomic E-state index is 13.2. The zero-order valence-corrected chi connectivity index (χ0v) is 19.5. The number of epoxide rings is 1. The predicted molar refractivity (Wildman–Crippen MR) is 123 cm³/mol. The number of nitrogens with zero attached hydrogens (tertiary/aromatic N) is 1. The van der Waals surface area contributed by atoms with Crippen LogP contribution < -0.4 is 15.0 Å². The molecule has 2 amide bonds. The van der Waals surface area contributed by atoms with Crippen LogP contribution in [0.4, 0.5) is 5.69 Å². The van der Waals surface area contributed by atoms with Crippen molar-refractivity contribution in [2.45, 2.75) is 51.5 Å². The van der Waals surface area contributed by atoms with Gasteiger partial charge in [-0.2, -0.15) is 0 Å². The van der Waals surface area contributed by atoms with E-state index in [1.54, 1.807) is 45.0 Å². The van der Waals surface area contributed by atoms with E-state index < -0.39 is 29.7 Å². The van der Waals surface area contributed by atoms with Crippen LogP contribution in [0.2, 0.25) is 0 Å². The molecule has 1 fully saturated rings. The Balaban J connectivity index is 1.70. The summed E-state index contributed by atoms with van der Waals surface area (Å²) in [6, 6.07) is 16.0. The number of methoxy groups -OCH3 is 1. The predicted octanol–water partition coefficient (Wildman–Crippen LogP) is 3.01. The minimum absolute atomic E-state index is 0.238. The van der Waals surface area contributed by atoms with E-state index in [0.717, 1.165) is 5.56 Å². The normalized spacial score (nSPS) is 18.1. The number of esters is 1. The average molecular weight is 455 g/mol. The number of amides is 2. The highest BCUT2D eigenvalue weighted by molar-refractivity contribution is 6.05. The number of hydrogen-bond donors (Lipinski definition) is 1. The molecule has 0 unspecified atom stereocenters. The molecule has 0 aromatic heterocycles. The average Bonchev–Trinajstić information content (AvgIpc) is 3.58. The van der Waals surface area contributed by atoms with Crippen molar-refractivity contribution in [1.29, 1.82) is 0 Å². The van der Waals surface area contributed by atoms with Crippen LogP contribution in [0, 0.1) is 0 Å². The van der Waals surface area contributed by atoms with Crippen molar-refractivity contribution in [3.63, 3.8) is 0 Å². The van der Waals surface area contributed by atoms with Crippen molar-refractivity contribution < 1.29 is 28.6 Å². The molecule has 0 saturated carbocycles. The van der Waals surface area contributed by atoms with Crippen LogP contribution in [-0.4, -0.2) is 49.2 Å². The summed E-state index contributed by atoms with van der Waals surface area (Å²) >= 11 is 0. The summed E-state index contributed by atoms with van der Waals surface area (Å²) in [5.41, 5.74) is 0.718. The molecule has 33 heavy (non-hydrogen) atoms. The lowest BCUT2D eigenvalue weighted by Gasteiger charge is -2.25. The lowest BCUT2D eigenvalue weighted by Crippen LogP contribution is -2.42. The number of carbonyl (C=O) groups is 3. The van der Waals surface area contributed by atoms with Gasteiger partial charge in [-0.1, -0.05) is 30.3 Å². The maximum absolute atomic E-state index is 13.2. The van der Waals surface area contributed by atoms with Gasteiger partial charge in [0.1, 0.15) is 17.9 Å². The quantitative estimate of drug-likeness (QED) is 0.486. The van der Waals surface area contributed by atoms with Gasteiger partial charge in [0.25, 0.3) is 11.8 Å². The third-order valence-corrected chi connectivity index (χ3v) is 5.01. The second-order valence-corrected chi connectivity index (χ2v) is 8.83. The Bertz CT molecular complexity index is 984. The van der Waals surface area contributed by atoms with Crippen LogP contribution >= 0.6 is 0 Å². The van der Waals surface area contributed by atoms with Crippen LogP contribution in [-0.2, 0) is 23.9 Å². The summed E-state index contributed by atoms with van der Waals surface area (Å²) in [5, 5.41) is 2.87. The third-order valence-electron chi connectivity index (χ3n) is 5.01. The molecule has 0 spiro atoms. The standard InChI is InChI=1S/C25H30N2O6/c1-16(17-9-7-6-8-10-17)26-23(29)21-22(32-21)24(30)27(15-20(28)33-25(2,3)4)18-11-13-19(31-5)14-12-18/h6-14,16,21-22H,15H2,1-5H3,(H,26,29)/t16-,21+,22-/m0/s1. The first-order valence-corrected chi connectivity index (χ1v) is 10.8. The molecule has 0 aliphatic carbocycles. The van der Waals surface area contributed by atoms with Crippen LogP contribution in [0.15, 0.2) is 54.6 Å². The lowest BCUT2D eigenvalue weighted by molar-refractivity contribution is -0.153. The lowest BCUT2D eigenvalue weighted by atomic mass is 10.1. The van der Waals surface area contributed by atoms with Gasteiger partial charge in [0.15, 0.2) is 12.2 Å². The minimum Gasteiger partial charge on any atom is -0.497 e. The SMILES string of the molecule is COc1ccc(N(CC(=O)OC(C)(C)C)C(=O)[C@H]2O[C@H]2C(=O)N[C@@H](C)c2ccccc2)cc1. The van der Waals surface area contributed by atoms with Gasteiger partial charge in [-0.3, -0.25) is 19.3 Å². The van der Waals surface area contributed by atoms with E-state index in [-0.39, 0.29) is 18.5 Å². The summed E-state index contributed by atoms with van der Waals surface area (Å²) < 4.78 is 16.0. The summed E-state index contributed by atoms with van der Waals surface area (Å²) in [6.45, 7) is 6.81. The van der Waals surface area contributed by atoms with E-state index in [1.807, 2.05) is 37.3 Å². The Morgan fingerprint density at radius 3 is 2.24 bits per heavy atom. The number of nitrogens with one attached hydrogen (secondary N) is 1. The number of rotatable bonds is 8. The van der Waals surface area contributed by atoms with Crippen molar-refractivity contribution >= 4 is 23.5 Å². The molecule has 1 heterocycles. The number of hydrogen-bond acceptors (Lipinski definition) is 6. The first kappa shape index (κ1) is 24.3. The van der Waals surface area contributed by atoms with Crippen LogP contribution in [0.3, 0.4) is 0 Å². The van der Waals surface area contributed by atoms with Crippen LogP contribution in [0.1, 0.15) is 39.3 Å². The van der Waals surface area contributed by atoms with Crippen LogP contribution in [0.5, 0.6) is 5.75 Å². The third kappa shape index (κ3) is 6.55. The summed E-state index contributed by atoms with van der Waals surface area (Å²) in [4.78, 5) is 39.6. The van der Waals surface area contributed by atoms with Crippen LogP contribution in [0.25, 0.3) is 0 Å². The fourth-order valence-electron chi connectivity index (χ4n) is 3.34. The Kier molecular flexibility index (Phi) is 7.38. The van der Waals surface area contributed by atoms with E-state index in [9.17, 15) is 14.4 Å². The van der Waals surface area contributed by atoms with E-state index in [2.05, 4.69) is 5.32 Å². The van der Waals surface area contributed by atoms with Gasteiger partial charge >= 0.3 is 5.97 Å². The number of anilines is 1. The van der Waals surface area contributed by atoms with Gasteiger partial charge in [0.05, 0.1) is 13.2 Å². The molecule has 1 aliphatic rings. The van der Waals surface area contributed by atoms with Gasteiger partial charge < -0.3 is 19.5 Å². The molecule has 8 nitrogen and oxygen atoms in total. The fraction of sp³-hybridized carbons (Fsp3) is 0.400. The highest BCUT2D eigenvalue weighted by Crippen LogP contribution is 2.29. The molecule has 1 saturated heterocycles. The largest absolute Gasteiger partial charge is 0.497 e. The Hall–Kier alpha value is -3.39. The first-order valence-electron chi connectivity index (χ1n) is 10.8. The number of ether oxygens (including phenoxy) is 3. The highest BCUT2D eigenvalue weighted by atomic mass is 16.6. The van der Waals surface area contributed by atoms with Crippen molar-refractivity contribution in [2.75, 3.05) is 18.6 Å². The summed E-state index contributed by atoms with van der Waals surface area (Å²) in [7, 11) is 1.54. The van der Waals surface area contributed by atoms with Crippen molar-refractivity contribution in [3.05, 3.63) is 60.2 Å². The number of carbonyl (C=O) groups excluding carboxylic acids is 3. The van der Waals surface area contributed by atoms with E-state index in [0.29, 0.717) is 11.4 Å². The zero-order valence-electron chi connectivity index (χ0n) is 19.5. The van der Waals surface area contributed by atoms with E-state index in [4.69, 9.17) is 14.2 Å². The van der Waals surface area contributed by atoms with Gasteiger partial charge in [0.2, 0.25) is 0 Å². The van der Waals surface area contributed by atoms with Crippen molar-refractivity contribution in [3.8, 4) is 5.75 Å². The molecular weight excluding hydrogens is 424 g/mol. The van der Waals surface area contributed by atoms with Crippen molar-refractivity contribution in [2.24, 2.45) is 0 Å². The van der Waals surface area contributed by atoms with E-state index >= 15 is 0 Å².